The summed E-state index contributed by atoms with van der Waals surface area (Å²) < 4.78 is 49.1. The second-order valence-electron chi connectivity index (χ2n) is 10.8. The van der Waals surface area contributed by atoms with Crippen LogP contribution in [0.5, 0.6) is 0 Å². The second-order valence-corrected chi connectivity index (χ2v) is 10.8. The molecule has 4 saturated carbocycles. The average molecular weight is 468 g/mol. The largest absolute Gasteiger partial charge is 0.469 e. The minimum absolute atomic E-state index is 0.0672. The van der Waals surface area contributed by atoms with Crippen molar-refractivity contribution in [3.63, 3.8) is 0 Å². The number of methoxy groups -OCH3 is 1. The zero-order valence-electron chi connectivity index (χ0n) is 19.3. The Hall–Kier alpha value is -2.09. The number of rotatable bonds is 7. The molecule has 4 fully saturated rings. The van der Waals surface area contributed by atoms with Gasteiger partial charge in [0.15, 0.2) is 0 Å². The van der Waals surface area contributed by atoms with Crippen LogP contribution in [0, 0.1) is 23.2 Å². The molecule has 0 heterocycles. The van der Waals surface area contributed by atoms with Gasteiger partial charge in [-0.2, -0.15) is 13.2 Å². The number of hydrogen-bond acceptors (Lipinski definition) is 4. The average Bonchev–Trinajstić information content (AvgIpc) is 2.73. The summed E-state index contributed by atoms with van der Waals surface area (Å²) in [5, 5.41) is 3.22. The van der Waals surface area contributed by atoms with Crippen LogP contribution in [0.4, 0.5) is 13.2 Å². The van der Waals surface area contributed by atoms with Crippen LogP contribution in [0.15, 0.2) is 24.3 Å². The molecule has 5 rings (SSSR count). The number of nitrogens with one attached hydrogen (secondary N) is 1. The minimum atomic E-state index is -4.37. The van der Waals surface area contributed by atoms with E-state index in [4.69, 9.17) is 9.47 Å². The van der Waals surface area contributed by atoms with Gasteiger partial charge >= 0.3 is 12.1 Å². The number of amides is 1. The Bertz CT molecular complexity index is 880. The predicted octanol–water partition coefficient (Wildman–Crippen LogP) is 4.87. The van der Waals surface area contributed by atoms with Crippen LogP contribution in [0.2, 0.25) is 0 Å². The van der Waals surface area contributed by atoms with Crippen LogP contribution < -0.4 is 5.32 Å². The third kappa shape index (κ3) is 5.05. The van der Waals surface area contributed by atoms with E-state index in [1.54, 1.807) is 13.8 Å². The van der Waals surface area contributed by atoms with Crippen molar-refractivity contribution in [2.75, 3.05) is 7.11 Å². The Morgan fingerprint density at radius 1 is 1.06 bits per heavy atom. The summed E-state index contributed by atoms with van der Waals surface area (Å²) in [4.78, 5) is 25.3. The smallest absolute Gasteiger partial charge is 0.416 e. The maximum Gasteiger partial charge on any atom is 0.416 e. The summed E-state index contributed by atoms with van der Waals surface area (Å²) in [6.07, 6.45) is 0.289. The van der Waals surface area contributed by atoms with E-state index >= 15 is 0 Å². The number of alkyl halides is 3. The topological polar surface area (TPSA) is 64.6 Å². The van der Waals surface area contributed by atoms with Gasteiger partial charge in [-0.05, 0) is 81.4 Å². The number of esters is 1. The molecule has 1 amide bonds. The molecule has 2 atom stereocenters. The molecule has 4 aliphatic carbocycles. The number of ether oxygens (including phenoxy) is 2. The summed E-state index contributed by atoms with van der Waals surface area (Å²) in [6, 6.07) is 4.92. The van der Waals surface area contributed by atoms with Crippen molar-refractivity contribution in [3.8, 4) is 0 Å². The molecular formula is C25H32F3NO4. The number of carbonyl (C=O) groups is 2. The van der Waals surface area contributed by atoms with E-state index < -0.39 is 17.3 Å². The van der Waals surface area contributed by atoms with Gasteiger partial charge in [-0.15, -0.1) is 0 Å². The van der Waals surface area contributed by atoms with Gasteiger partial charge in [0.2, 0.25) is 5.91 Å². The molecule has 0 radical (unpaired) electrons. The first-order valence-corrected chi connectivity index (χ1v) is 11.6. The van der Waals surface area contributed by atoms with Gasteiger partial charge in [0.05, 0.1) is 36.7 Å². The molecule has 1 N–H and O–H groups in total. The second kappa shape index (κ2) is 8.60. The van der Waals surface area contributed by atoms with Crippen LogP contribution in [-0.2, 0) is 31.8 Å². The van der Waals surface area contributed by atoms with E-state index in [1.807, 2.05) is 0 Å². The van der Waals surface area contributed by atoms with E-state index in [0.29, 0.717) is 11.5 Å². The maximum absolute atomic E-state index is 12.9. The lowest BCUT2D eigenvalue weighted by Gasteiger charge is -2.58. The standard InChI is InChI=1S/C25H32F3NO4/c1-23(2,33-14-15-4-6-19(7-5-15)25(26,27)28)13-20(30)29-21-17-8-16-9-18(21)12-24(10-16,11-17)22(31)32-3/h4-7,16-18,21H,8-14H2,1-3H3,(H,29,30). The van der Waals surface area contributed by atoms with Gasteiger partial charge < -0.3 is 14.8 Å². The Morgan fingerprint density at radius 3 is 2.21 bits per heavy atom. The predicted molar refractivity (Wildman–Crippen MR) is 115 cm³/mol. The SMILES string of the molecule is COC(=O)C12CC3CC(C1)C(NC(=O)CC(C)(C)OCc1ccc(C(F)(F)F)cc1)C(C3)C2. The maximum atomic E-state index is 12.9. The van der Waals surface area contributed by atoms with Gasteiger partial charge in [0, 0.05) is 6.04 Å². The Morgan fingerprint density at radius 2 is 1.67 bits per heavy atom. The minimum Gasteiger partial charge on any atom is -0.469 e. The van der Waals surface area contributed by atoms with Crippen LogP contribution in [0.1, 0.15) is 63.5 Å². The summed E-state index contributed by atoms with van der Waals surface area (Å²) in [7, 11) is 1.45. The molecule has 0 aliphatic heterocycles. The highest BCUT2D eigenvalue weighted by Gasteiger charge is 2.59. The molecule has 0 aromatic heterocycles. The van der Waals surface area contributed by atoms with Crippen molar-refractivity contribution in [3.05, 3.63) is 35.4 Å². The number of carbonyl (C=O) groups excluding carboxylic acids is 2. The highest BCUT2D eigenvalue weighted by molar-refractivity contribution is 5.79. The van der Waals surface area contributed by atoms with Gasteiger partial charge in [-0.25, -0.2) is 0 Å². The fraction of sp³-hybridized carbons (Fsp3) is 0.680. The number of hydrogen-bond donors (Lipinski definition) is 1. The molecular weight excluding hydrogens is 435 g/mol. The van der Waals surface area contributed by atoms with E-state index in [0.717, 1.165) is 44.2 Å². The molecule has 4 bridgehead atoms. The molecule has 0 spiro atoms. The molecule has 2 unspecified atom stereocenters. The first kappa shape index (κ1) is 24.0. The van der Waals surface area contributed by atoms with Crippen molar-refractivity contribution in [2.24, 2.45) is 23.2 Å². The van der Waals surface area contributed by atoms with Gasteiger partial charge in [0.25, 0.3) is 0 Å². The summed E-state index contributed by atoms with van der Waals surface area (Å²) >= 11 is 0. The third-order valence-corrected chi connectivity index (χ3v) is 7.72. The molecule has 4 aliphatic rings. The fourth-order valence-electron chi connectivity index (χ4n) is 6.47. The van der Waals surface area contributed by atoms with Gasteiger partial charge in [-0.3, -0.25) is 9.59 Å². The van der Waals surface area contributed by atoms with Crippen LogP contribution >= 0.6 is 0 Å². The fourth-order valence-corrected chi connectivity index (χ4v) is 6.47. The van der Waals surface area contributed by atoms with Gasteiger partial charge in [-0.1, -0.05) is 12.1 Å². The Labute approximate surface area is 192 Å². The molecule has 1 aromatic rings. The Balaban J connectivity index is 1.31. The monoisotopic (exact) mass is 467 g/mol. The van der Waals surface area contributed by atoms with E-state index in [9.17, 15) is 22.8 Å². The normalized spacial score (nSPS) is 30.8. The molecule has 1 aromatic carbocycles. The molecule has 8 heteroatoms. The molecule has 33 heavy (non-hydrogen) atoms. The summed E-state index contributed by atoms with van der Waals surface area (Å²) in [6.45, 7) is 3.73. The van der Waals surface area contributed by atoms with E-state index in [2.05, 4.69) is 5.32 Å². The van der Waals surface area contributed by atoms with Crippen LogP contribution in [-0.4, -0.2) is 30.6 Å². The highest BCUT2D eigenvalue weighted by Crippen LogP contribution is 2.60. The Kier molecular flexibility index (Phi) is 6.27. The van der Waals surface area contributed by atoms with Crippen LogP contribution in [0.25, 0.3) is 0 Å². The quantitative estimate of drug-likeness (QED) is 0.581. The highest BCUT2D eigenvalue weighted by atomic mass is 19.4. The van der Waals surface area contributed by atoms with Crippen molar-refractivity contribution in [1.29, 1.82) is 0 Å². The summed E-state index contributed by atoms with van der Waals surface area (Å²) in [5.74, 6) is 0.894. The zero-order chi connectivity index (χ0) is 24.0. The number of benzene rings is 1. The first-order chi connectivity index (χ1) is 15.4. The van der Waals surface area contributed by atoms with Gasteiger partial charge in [0.1, 0.15) is 0 Å². The van der Waals surface area contributed by atoms with E-state index in [1.165, 1.54) is 19.2 Å². The lowest BCUT2D eigenvalue weighted by Crippen LogP contribution is -2.61. The first-order valence-electron chi connectivity index (χ1n) is 11.6. The van der Waals surface area contributed by atoms with Crippen molar-refractivity contribution >= 4 is 11.9 Å². The third-order valence-electron chi connectivity index (χ3n) is 7.72. The van der Waals surface area contributed by atoms with Crippen molar-refractivity contribution in [2.45, 2.75) is 76.8 Å². The molecule has 5 nitrogen and oxygen atoms in total. The van der Waals surface area contributed by atoms with Crippen molar-refractivity contribution in [1.82, 2.24) is 5.32 Å². The lowest BCUT2D eigenvalue weighted by molar-refractivity contribution is -0.171. The van der Waals surface area contributed by atoms with Crippen molar-refractivity contribution < 1.29 is 32.2 Å². The number of halogens is 3. The molecule has 182 valence electrons. The molecule has 0 saturated heterocycles. The van der Waals surface area contributed by atoms with E-state index in [-0.39, 0.29) is 48.2 Å². The zero-order valence-corrected chi connectivity index (χ0v) is 19.3. The van der Waals surface area contributed by atoms with Crippen LogP contribution in [0.3, 0.4) is 0 Å². The summed E-state index contributed by atoms with van der Waals surface area (Å²) in [5.41, 5.74) is -1.23. The lowest BCUT2D eigenvalue weighted by atomic mass is 9.48.